The molecule has 2 N–H and O–H groups in total. The Morgan fingerprint density at radius 3 is 2.64 bits per heavy atom. The van der Waals surface area contributed by atoms with Gasteiger partial charge in [-0.15, -0.1) is 0 Å². The Hall–Kier alpha value is -3.06. The Bertz CT molecular complexity index is 913. The number of nitrogens with one attached hydrogen (secondary N) is 1. The third-order valence-corrected chi connectivity index (χ3v) is 5.55. The molecule has 2 aromatic carbocycles. The first-order valence-electron chi connectivity index (χ1n) is 11.7. The Balaban J connectivity index is 1.83. The first kappa shape index (κ1) is 24.6. The summed E-state index contributed by atoms with van der Waals surface area (Å²) in [6.45, 7) is 5.25. The maximum absolute atomic E-state index is 12.6. The van der Waals surface area contributed by atoms with Gasteiger partial charge in [-0.25, -0.2) is 0 Å². The monoisotopic (exact) mass is 454 g/mol. The van der Waals surface area contributed by atoms with Crippen molar-refractivity contribution in [2.75, 3.05) is 26.3 Å². The molecule has 0 aliphatic carbocycles. The van der Waals surface area contributed by atoms with Crippen molar-refractivity contribution in [3.8, 4) is 11.5 Å². The molecule has 0 bridgehead atoms. The van der Waals surface area contributed by atoms with Crippen LogP contribution in [0.2, 0.25) is 0 Å². The summed E-state index contributed by atoms with van der Waals surface area (Å²) >= 11 is 0. The molecular formula is C26H34N2O5. The second kappa shape index (κ2) is 12.8. The number of fused-ring (bicyclic) bond motifs is 1. The fourth-order valence-corrected chi connectivity index (χ4v) is 3.90. The number of amides is 1. The van der Waals surface area contributed by atoms with Gasteiger partial charge in [-0.3, -0.25) is 14.5 Å². The Labute approximate surface area is 195 Å². The normalized spacial score (nSPS) is 15.7. The summed E-state index contributed by atoms with van der Waals surface area (Å²) in [5.41, 5.74) is 3.01. The predicted octanol–water partition coefficient (Wildman–Crippen LogP) is 3.78. The van der Waals surface area contributed by atoms with E-state index in [1.807, 2.05) is 49.4 Å². The molecule has 7 nitrogen and oxygen atoms in total. The van der Waals surface area contributed by atoms with Crippen LogP contribution >= 0.6 is 0 Å². The van der Waals surface area contributed by atoms with E-state index in [2.05, 4.69) is 10.2 Å². The van der Waals surface area contributed by atoms with E-state index in [-0.39, 0.29) is 18.9 Å². The van der Waals surface area contributed by atoms with Crippen molar-refractivity contribution < 1.29 is 24.2 Å². The topological polar surface area (TPSA) is 88.1 Å². The summed E-state index contributed by atoms with van der Waals surface area (Å²) < 4.78 is 11.6. The number of hydrogen-bond donors (Lipinski definition) is 2. The first-order chi connectivity index (χ1) is 16.0. The van der Waals surface area contributed by atoms with Gasteiger partial charge in [-0.1, -0.05) is 24.3 Å². The van der Waals surface area contributed by atoms with Gasteiger partial charge in [-0.2, -0.15) is 0 Å². The molecule has 0 unspecified atom stereocenters. The van der Waals surface area contributed by atoms with E-state index in [1.54, 1.807) is 0 Å². The summed E-state index contributed by atoms with van der Waals surface area (Å²) in [5.74, 6) is 0.810. The molecule has 0 saturated heterocycles. The van der Waals surface area contributed by atoms with Gasteiger partial charge < -0.3 is 19.9 Å². The van der Waals surface area contributed by atoms with Crippen LogP contribution in [0.15, 0.2) is 42.5 Å². The summed E-state index contributed by atoms with van der Waals surface area (Å²) in [7, 11) is 0. The highest BCUT2D eigenvalue weighted by molar-refractivity contribution is 5.78. The van der Waals surface area contributed by atoms with Crippen LogP contribution in [0.25, 0.3) is 0 Å². The van der Waals surface area contributed by atoms with Crippen molar-refractivity contribution in [3.63, 3.8) is 0 Å². The standard InChI is InChI=1S/C26H34N2O5/c1-2-32-23-10-6-21(7-11-23)17-28-18-22-16-20(9-13-26(30)31)8-12-24(22)33-15-5-3-4-14-27-25(29)19-28/h6-8,10-12,16H,2-5,9,13-15,17-19H2,1H3,(H,27,29)(H,30,31). The SMILES string of the molecule is CCOc1ccc(CN2CC(=O)NCCCCCOc3ccc(CCC(=O)O)cc3C2)cc1. The minimum Gasteiger partial charge on any atom is -0.494 e. The van der Waals surface area contributed by atoms with Crippen LogP contribution in [0.5, 0.6) is 11.5 Å². The summed E-state index contributed by atoms with van der Waals surface area (Å²) in [4.78, 5) is 25.7. The van der Waals surface area contributed by atoms with Crippen LogP contribution in [-0.2, 0) is 29.1 Å². The first-order valence-corrected chi connectivity index (χ1v) is 11.7. The zero-order chi connectivity index (χ0) is 23.5. The van der Waals surface area contributed by atoms with Gasteiger partial charge in [0.1, 0.15) is 11.5 Å². The predicted molar refractivity (Wildman–Crippen MR) is 126 cm³/mol. The fourth-order valence-electron chi connectivity index (χ4n) is 3.90. The molecule has 1 heterocycles. The average Bonchev–Trinajstić information content (AvgIpc) is 2.80. The fraction of sp³-hybridized carbons (Fsp3) is 0.462. The zero-order valence-corrected chi connectivity index (χ0v) is 19.3. The number of hydrogen-bond acceptors (Lipinski definition) is 5. The minimum atomic E-state index is -0.816. The van der Waals surface area contributed by atoms with Gasteiger partial charge in [0.25, 0.3) is 0 Å². The van der Waals surface area contributed by atoms with E-state index in [1.165, 1.54) is 0 Å². The van der Waals surface area contributed by atoms with Crippen LogP contribution in [-0.4, -0.2) is 48.2 Å². The van der Waals surface area contributed by atoms with E-state index in [0.29, 0.717) is 39.3 Å². The highest BCUT2D eigenvalue weighted by Gasteiger charge is 2.16. The van der Waals surface area contributed by atoms with Crippen molar-refractivity contribution in [2.24, 2.45) is 0 Å². The van der Waals surface area contributed by atoms with E-state index in [0.717, 1.165) is 47.5 Å². The Morgan fingerprint density at radius 1 is 1.09 bits per heavy atom. The van der Waals surface area contributed by atoms with Gasteiger partial charge in [-0.05, 0) is 61.9 Å². The van der Waals surface area contributed by atoms with Crippen LogP contribution in [0, 0.1) is 0 Å². The third-order valence-electron chi connectivity index (χ3n) is 5.55. The molecule has 0 atom stereocenters. The number of benzene rings is 2. The summed E-state index contributed by atoms with van der Waals surface area (Å²) in [6, 6.07) is 13.8. The van der Waals surface area contributed by atoms with Crippen LogP contribution in [0.3, 0.4) is 0 Å². The van der Waals surface area contributed by atoms with E-state index < -0.39 is 5.97 Å². The quantitative estimate of drug-likeness (QED) is 0.662. The molecule has 0 aromatic heterocycles. The van der Waals surface area contributed by atoms with Crippen LogP contribution in [0.1, 0.15) is 49.3 Å². The molecule has 1 amide bonds. The minimum absolute atomic E-state index is 0.00434. The number of carbonyl (C=O) groups excluding carboxylic acids is 1. The molecule has 7 heteroatoms. The molecule has 0 spiro atoms. The summed E-state index contributed by atoms with van der Waals surface area (Å²) in [5, 5.41) is 12.1. The van der Waals surface area contributed by atoms with Crippen molar-refractivity contribution >= 4 is 11.9 Å². The molecular weight excluding hydrogens is 420 g/mol. The lowest BCUT2D eigenvalue weighted by Crippen LogP contribution is -2.37. The number of carboxylic acid groups (broad SMARTS) is 1. The molecule has 0 radical (unpaired) electrons. The second-order valence-electron chi connectivity index (χ2n) is 8.32. The number of rotatable bonds is 7. The molecule has 0 fully saturated rings. The van der Waals surface area contributed by atoms with E-state index in [4.69, 9.17) is 14.6 Å². The van der Waals surface area contributed by atoms with Crippen molar-refractivity contribution in [1.82, 2.24) is 10.2 Å². The van der Waals surface area contributed by atoms with Crippen molar-refractivity contribution in [2.45, 2.75) is 52.1 Å². The van der Waals surface area contributed by atoms with Crippen molar-refractivity contribution in [3.05, 3.63) is 59.2 Å². The molecule has 0 saturated carbocycles. The number of aliphatic carboxylic acids is 1. The lowest BCUT2D eigenvalue weighted by atomic mass is 10.0. The maximum atomic E-state index is 12.6. The zero-order valence-electron chi connectivity index (χ0n) is 19.3. The molecule has 178 valence electrons. The molecule has 1 aliphatic rings. The number of nitrogens with zero attached hydrogens (tertiary/aromatic N) is 1. The molecule has 2 aromatic rings. The van der Waals surface area contributed by atoms with E-state index in [9.17, 15) is 9.59 Å². The molecule has 1 aliphatic heterocycles. The van der Waals surface area contributed by atoms with Gasteiger partial charge in [0.15, 0.2) is 0 Å². The highest BCUT2D eigenvalue weighted by Crippen LogP contribution is 2.25. The van der Waals surface area contributed by atoms with Gasteiger partial charge in [0.2, 0.25) is 5.91 Å². The number of carboxylic acids is 1. The van der Waals surface area contributed by atoms with Crippen LogP contribution in [0.4, 0.5) is 0 Å². The molecule has 3 rings (SSSR count). The van der Waals surface area contributed by atoms with Gasteiger partial charge >= 0.3 is 5.97 Å². The van der Waals surface area contributed by atoms with Gasteiger partial charge in [0, 0.05) is 31.6 Å². The van der Waals surface area contributed by atoms with E-state index >= 15 is 0 Å². The lowest BCUT2D eigenvalue weighted by molar-refractivity contribution is -0.137. The average molecular weight is 455 g/mol. The smallest absolute Gasteiger partial charge is 0.303 e. The maximum Gasteiger partial charge on any atom is 0.303 e. The second-order valence-corrected chi connectivity index (χ2v) is 8.32. The van der Waals surface area contributed by atoms with Crippen molar-refractivity contribution in [1.29, 1.82) is 0 Å². The lowest BCUT2D eigenvalue weighted by Gasteiger charge is -2.24. The number of ether oxygens (including phenoxy) is 2. The third kappa shape index (κ3) is 8.42. The summed E-state index contributed by atoms with van der Waals surface area (Å²) in [6.07, 6.45) is 3.38. The Morgan fingerprint density at radius 2 is 1.88 bits per heavy atom. The molecule has 33 heavy (non-hydrogen) atoms. The Kier molecular flexibility index (Phi) is 9.57. The largest absolute Gasteiger partial charge is 0.494 e. The number of aryl methyl sites for hydroxylation is 1. The highest BCUT2D eigenvalue weighted by atomic mass is 16.5. The van der Waals surface area contributed by atoms with Crippen LogP contribution < -0.4 is 14.8 Å². The van der Waals surface area contributed by atoms with Gasteiger partial charge in [0.05, 0.1) is 19.8 Å². The number of carbonyl (C=O) groups is 2.